The zero-order chi connectivity index (χ0) is 14.3. The van der Waals surface area contributed by atoms with Crippen LogP contribution in [0.15, 0.2) is 35.7 Å². The molecule has 3 heterocycles. The number of hydrogen-bond donors (Lipinski definition) is 1. The summed E-state index contributed by atoms with van der Waals surface area (Å²) in [5.41, 5.74) is 10.0. The number of fused-ring (bicyclic) bond motifs is 1. The summed E-state index contributed by atoms with van der Waals surface area (Å²) in [5.74, 6) is -0.0156. The molecule has 0 saturated heterocycles. The lowest BCUT2D eigenvalue weighted by Gasteiger charge is -2.13. The first-order valence-electron chi connectivity index (χ1n) is 6.40. The van der Waals surface area contributed by atoms with E-state index in [1.807, 2.05) is 25.1 Å². The van der Waals surface area contributed by atoms with Gasteiger partial charge in [-0.05, 0) is 30.5 Å². The SMILES string of the molecule is Cc1cccc2nc(-c3cccs3)c(C(C)C(N)=S)n12. The lowest BCUT2D eigenvalue weighted by atomic mass is 10.0. The second-order valence-corrected chi connectivity index (χ2v) is 6.23. The summed E-state index contributed by atoms with van der Waals surface area (Å²) >= 11 is 6.88. The summed E-state index contributed by atoms with van der Waals surface area (Å²) in [5, 5.41) is 2.06. The molecule has 0 bridgehead atoms. The number of imidazole rings is 1. The molecule has 5 heteroatoms. The molecular formula is C15H15N3S2. The molecule has 3 aromatic heterocycles. The predicted molar refractivity (Wildman–Crippen MR) is 88.4 cm³/mol. The van der Waals surface area contributed by atoms with Crippen molar-refractivity contribution in [3.05, 3.63) is 47.1 Å². The largest absolute Gasteiger partial charge is 0.393 e. The lowest BCUT2D eigenvalue weighted by Crippen LogP contribution is -2.19. The van der Waals surface area contributed by atoms with Crippen LogP contribution in [0.3, 0.4) is 0 Å². The fraction of sp³-hybridized carbons (Fsp3) is 0.200. The van der Waals surface area contributed by atoms with E-state index < -0.39 is 0 Å². The van der Waals surface area contributed by atoms with Gasteiger partial charge in [0, 0.05) is 11.6 Å². The van der Waals surface area contributed by atoms with E-state index in [-0.39, 0.29) is 5.92 Å². The van der Waals surface area contributed by atoms with Crippen molar-refractivity contribution in [2.75, 3.05) is 0 Å². The third-order valence-corrected chi connectivity index (χ3v) is 4.70. The molecule has 3 nitrogen and oxygen atoms in total. The number of thiophene rings is 1. The molecule has 1 unspecified atom stereocenters. The third-order valence-electron chi connectivity index (χ3n) is 3.47. The first-order valence-corrected chi connectivity index (χ1v) is 7.69. The van der Waals surface area contributed by atoms with E-state index in [1.165, 1.54) is 0 Å². The van der Waals surface area contributed by atoms with Gasteiger partial charge < -0.3 is 5.73 Å². The zero-order valence-corrected chi connectivity index (χ0v) is 13.0. The van der Waals surface area contributed by atoms with Gasteiger partial charge in [0.05, 0.1) is 15.6 Å². The number of rotatable bonds is 3. The number of hydrogen-bond acceptors (Lipinski definition) is 3. The summed E-state index contributed by atoms with van der Waals surface area (Å²) in [6, 6.07) is 10.2. The minimum Gasteiger partial charge on any atom is -0.393 e. The summed E-state index contributed by atoms with van der Waals surface area (Å²) in [6.07, 6.45) is 0. The molecule has 102 valence electrons. The van der Waals surface area contributed by atoms with Gasteiger partial charge in [0.25, 0.3) is 0 Å². The van der Waals surface area contributed by atoms with Gasteiger partial charge in [-0.25, -0.2) is 4.98 Å². The van der Waals surface area contributed by atoms with E-state index in [9.17, 15) is 0 Å². The fourth-order valence-corrected chi connectivity index (χ4v) is 3.24. The Morgan fingerprint density at radius 2 is 2.15 bits per heavy atom. The predicted octanol–water partition coefficient (Wildman–Crippen LogP) is 3.76. The van der Waals surface area contributed by atoms with Gasteiger partial charge in [0.1, 0.15) is 11.3 Å². The first-order chi connectivity index (χ1) is 9.59. The van der Waals surface area contributed by atoms with Gasteiger partial charge in [0.2, 0.25) is 0 Å². The maximum absolute atomic E-state index is 5.88. The van der Waals surface area contributed by atoms with Gasteiger partial charge in [-0.3, -0.25) is 4.40 Å². The highest BCUT2D eigenvalue weighted by atomic mass is 32.1. The van der Waals surface area contributed by atoms with Crippen LogP contribution >= 0.6 is 23.6 Å². The van der Waals surface area contributed by atoms with Gasteiger partial charge >= 0.3 is 0 Å². The Hall–Kier alpha value is -1.72. The van der Waals surface area contributed by atoms with Crippen molar-refractivity contribution < 1.29 is 0 Å². The van der Waals surface area contributed by atoms with Crippen molar-refractivity contribution in [2.45, 2.75) is 19.8 Å². The monoisotopic (exact) mass is 301 g/mol. The molecule has 0 aliphatic carbocycles. The van der Waals surface area contributed by atoms with Crippen LogP contribution in [0.25, 0.3) is 16.2 Å². The average Bonchev–Trinajstić information content (AvgIpc) is 3.04. The van der Waals surface area contributed by atoms with Crippen molar-refractivity contribution in [3.63, 3.8) is 0 Å². The van der Waals surface area contributed by atoms with Gasteiger partial charge in [-0.15, -0.1) is 11.3 Å². The number of pyridine rings is 1. The number of nitrogens with two attached hydrogens (primary N) is 1. The molecule has 20 heavy (non-hydrogen) atoms. The van der Waals surface area contributed by atoms with Crippen LogP contribution in [-0.4, -0.2) is 14.4 Å². The van der Waals surface area contributed by atoms with Crippen molar-refractivity contribution in [1.29, 1.82) is 0 Å². The van der Waals surface area contributed by atoms with Crippen LogP contribution in [0.1, 0.15) is 24.2 Å². The van der Waals surface area contributed by atoms with Crippen molar-refractivity contribution in [3.8, 4) is 10.6 Å². The molecule has 0 fully saturated rings. The minimum atomic E-state index is -0.0156. The maximum atomic E-state index is 5.88. The lowest BCUT2D eigenvalue weighted by molar-refractivity contribution is 0.909. The van der Waals surface area contributed by atoms with E-state index in [1.54, 1.807) is 11.3 Å². The topological polar surface area (TPSA) is 43.3 Å². The van der Waals surface area contributed by atoms with Crippen LogP contribution < -0.4 is 5.73 Å². The molecule has 3 aromatic rings. The number of aryl methyl sites for hydroxylation is 1. The van der Waals surface area contributed by atoms with Crippen LogP contribution in [0.5, 0.6) is 0 Å². The molecule has 3 rings (SSSR count). The highest BCUT2D eigenvalue weighted by Crippen LogP contribution is 2.33. The van der Waals surface area contributed by atoms with Gasteiger partial charge in [0.15, 0.2) is 0 Å². The van der Waals surface area contributed by atoms with Crippen LogP contribution in [0, 0.1) is 6.92 Å². The first kappa shape index (κ1) is 13.3. The van der Waals surface area contributed by atoms with E-state index >= 15 is 0 Å². The van der Waals surface area contributed by atoms with Gasteiger partial charge in [-0.2, -0.15) is 0 Å². The Morgan fingerprint density at radius 3 is 2.80 bits per heavy atom. The molecule has 0 radical (unpaired) electrons. The third kappa shape index (κ3) is 2.03. The average molecular weight is 301 g/mol. The Labute approximate surface area is 127 Å². The normalized spacial score (nSPS) is 12.7. The quantitative estimate of drug-likeness (QED) is 0.749. The van der Waals surface area contributed by atoms with E-state index in [0.717, 1.165) is 27.6 Å². The number of thiocarbonyl (C=S) groups is 1. The summed E-state index contributed by atoms with van der Waals surface area (Å²) in [4.78, 5) is 6.42. The highest BCUT2D eigenvalue weighted by molar-refractivity contribution is 7.80. The van der Waals surface area contributed by atoms with E-state index in [0.29, 0.717) is 4.99 Å². The molecule has 0 aliphatic heterocycles. The van der Waals surface area contributed by atoms with Crippen LogP contribution in [0.4, 0.5) is 0 Å². The summed E-state index contributed by atoms with van der Waals surface area (Å²) in [7, 11) is 0. The second-order valence-electron chi connectivity index (χ2n) is 4.81. The molecule has 0 spiro atoms. The Morgan fingerprint density at radius 1 is 1.35 bits per heavy atom. The van der Waals surface area contributed by atoms with Crippen molar-refractivity contribution in [1.82, 2.24) is 9.38 Å². The van der Waals surface area contributed by atoms with Crippen LogP contribution in [0.2, 0.25) is 0 Å². The highest BCUT2D eigenvalue weighted by Gasteiger charge is 2.22. The molecule has 0 aliphatic rings. The maximum Gasteiger partial charge on any atom is 0.137 e. The molecular weight excluding hydrogens is 286 g/mol. The Kier molecular flexibility index (Phi) is 3.31. The molecule has 1 atom stereocenters. The van der Waals surface area contributed by atoms with Crippen LogP contribution in [-0.2, 0) is 0 Å². The van der Waals surface area contributed by atoms with Crippen molar-refractivity contribution >= 4 is 34.2 Å². The molecule has 2 N–H and O–H groups in total. The molecule has 0 aromatic carbocycles. The number of aromatic nitrogens is 2. The Bertz CT molecular complexity index is 772. The molecule has 0 amide bonds. The summed E-state index contributed by atoms with van der Waals surface area (Å²) in [6.45, 7) is 4.11. The summed E-state index contributed by atoms with van der Waals surface area (Å²) < 4.78 is 2.15. The number of nitrogens with zero attached hydrogens (tertiary/aromatic N) is 2. The molecule has 0 saturated carbocycles. The Balaban J connectivity index is 2.37. The minimum absolute atomic E-state index is 0.0156. The van der Waals surface area contributed by atoms with E-state index in [4.69, 9.17) is 22.9 Å². The zero-order valence-electron chi connectivity index (χ0n) is 11.3. The standard InChI is InChI=1S/C15H15N3S2/c1-9-5-3-7-12-17-13(11-6-4-8-20-11)14(18(9)12)10(2)15(16)19/h3-8,10H,1-2H3,(H2,16,19). The smallest absolute Gasteiger partial charge is 0.137 e. The van der Waals surface area contributed by atoms with E-state index in [2.05, 4.69) is 28.8 Å². The van der Waals surface area contributed by atoms with Gasteiger partial charge in [-0.1, -0.05) is 31.3 Å². The van der Waals surface area contributed by atoms with Crippen molar-refractivity contribution in [2.24, 2.45) is 5.73 Å². The second kappa shape index (κ2) is 5.00. The fourth-order valence-electron chi connectivity index (χ4n) is 2.41.